The third kappa shape index (κ3) is 2.01. The Bertz CT molecular complexity index is 1010. The Kier molecular flexibility index (Phi) is 2.69. The number of nitrogens with zero attached hydrogens (tertiary/aromatic N) is 4. The van der Waals surface area contributed by atoms with Gasteiger partial charge in [-0.25, -0.2) is 4.98 Å². The molecule has 0 atom stereocenters. The van der Waals surface area contributed by atoms with E-state index in [1.807, 2.05) is 49.9 Å². The first-order chi connectivity index (χ1) is 10.7. The van der Waals surface area contributed by atoms with Gasteiger partial charge in [0.1, 0.15) is 5.52 Å². The molecule has 6 heteroatoms. The molecular weight excluding hydrogens is 278 g/mol. The lowest BCUT2D eigenvalue weighted by atomic mass is 10.1. The molecule has 0 aliphatic carbocycles. The van der Waals surface area contributed by atoms with Gasteiger partial charge in [-0.3, -0.25) is 13.9 Å². The first kappa shape index (κ1) is 12.6. The molecule has 0 aliphatic heterocycles. The minimum absolute atomic E-state index is 0.147. The Balaban J connectivity index is 1.77. The number of benzene rings is 1. The fraction of sp³-hybridized carbons (Fsp3) is 0.0625. The predicted octanol–water partition coefficient (Wildman–Crippen LogP) is 2.09. The zero-order valence-corrected chi connectivity index (χ0v) is 11.9. The van der Waals surface area contributed by atoms with Gasteiger partial charge in [-0.05, 0) is 11.1 Å². The van der Waals surface area contributed by atoms with Gasteiger partial charge >= 0.3 is 0 Å². The Morgan fingerprint density at radius 1 is 1.00 bits per heavy atom. The van der Waals surface area contributed by atoms with Gasteiger partial charge in [-0.15, -0.1) is 0 Å². The molecular formula is C16H13N5O. The number of fused-ring (bicyclic) bond motifs is 1. The number of imidazole rings is 1. The van der Waals surface area contributed by atoms with E-state index in [1.165, 1.54) is 0 Å². The predicted molar refractivity (Wildman–Crippen MR) is 83.5 cm³/mol. The largest absolute Gasteiger partial charge is 0.319 e. The molecule has 0 radical (unpaired) electrons. The van der Waals surface area contributed by atoms with Crippen molar-refractivity contribution in [3.63, 3.8) is 0 Å². The highest BCUT2D eigenvalue weighted by Crippen LogP contribution is 2.23. The number of aromatic amines is 1. The molecule has 0 bridgehead atoms. The summed E-state index contributed by atoms with van der Waals surface area (Å²) < 4.78 is 3.50. The number of hydrogen-bond acceptors (Lipinski definition) is 3. The quantitative estimate of drug-likeness (QED) is 0.615. The maximum atomic E-state index is 12.0. The van der Waals surface area contributed by atoms with Crippen LogP contribution in [0, 0.1) is 0 Å². The minimum Gasteiger partial charge on any atom is -0.319 e. The number of nitrogens with one attached hydrogen (secondary N) is 1. The molecule has 0 spiro atoms. The molecule has 4 rings (SSSR count). The Hall–Kier alpha value is -3.15. The first-order valence-corrected chi connectivity index (χ1v) is 6.85. The lowest BCUT2D eigenvalue weighted by Gasteiger charge is -2.04. The molecule has 0 saturated heterocycles. The molecule has 0 unspecified atom stereocenters. The van der Waals surface area contributed by atoms with Crippen LogP contribution in [-0.2, 0) is 7.05 Å². The van der Waals surface area contributed by atoms with Crippen LogP contribution in [0.2, 0.25) is 0 Å². The Morgan fingerprint density at radius 2 is 1.77 bits per heavy atom. The number of hydrogen-bond donors (Lipinski definition) is 1. The number of aryl methyl sites for hydroxylation is 1. The summed E-state index contributed by atoms with van der Waals surface area (Å²) in [7, 11) is 1.89. The van der Waals surface area contributed by atoms with Crippen molar-refractivity contribution < 1.29 is 0 Å². The van der Waals surface area contributed by atoms with Gasteiger partial charge < -0.3 is 4.98 Å². The summed E-state index contributed by atoms with van der Waals surface area (Å²) >= 11 is 0. The number of H-pyrrole nitrogens is 1. The molecule has 1 aromatic carbocycles. The van der Waals surface area contributed by atoms with Crippen LogP contribution in [0.5, 0.6) is 0 Å². The molecule has 0 saturated carbocycles. The highest BCUT2D eigenvalue weighted by atomic mass is 16.1. The van der Waals surface area contributed by atoms with Crippen LogP contribution in [0.15, 0.2) is 60.2 Å². The van der Waals surface area contributed by atoms with Crippen molar-refractivity contribution >= 4 is 5.52 Å². The van der Waals surface area contributed by atoms with Crippen molar-refractivity contribution in [1.82, 2.24) is 24.1 Å². The van der Waals surface area contributed by atoms with Crippen molar-refractivity contribution in [1.29, 1.82) is 0 Å². The van der Waals surface area contributed by atoms with Crippen molar-refractivity contribution in [2.75, 3.05) is 0 Å². The summed E-state index contributed by atoms with van der Waals surface area (Å²) in [6, 6.07) is 8.00. The minimum atomic E-state index is -0.147. The summed E-state index contributed by atoms with van der Waals surface area (Å²) in [6.45, 7) is 0. The number of rotatable bonds is 2. The standard InChI is InChI=1S/C16H13N5O/c1-20-8-13(6-18-20)11-2-4-12(5-3-11)14-9-21-10-17-7-15(21)16(22)19-14/h2-10H,1H3,(H,19,22). The van der Waals surface area contributed by atoms with E-state index in [9.17, 15) is 4.79 Å². The molecule has 4 aromatic rings. The smallest absolute Gasteiger partial charge is 0.274 e. The maximum absolute atomic E-state index is 12.0. The van der Waals surface area contributed by atoms with Gasteiger partial charge in [0.2, 0.25) is 0 Å². The van der Waals surface area contributed by atoms with Crippen molar-refractivity contribution in [2.24, 2.45) is 7.05 Å². The molecule has 3 aromatic heterocycles. The lowest BCUT2D eigenvalue weighted by molar-refractivity contribution is 0.768. The second-order valence-electron chi connectivity index (χ2n) is 5.16. The van der Waals surface area contributed by atoms with Crippen LogP contribution >= 0.6 is 0 Å². The van der Waals surface area contributed by atoms with E-state index in [2.05, 4.69) is 15.1 Å². The second kappa shape index (κ2) is 4.70. The van der Waals surface area contributed by atoms with Crippen LogP contribution < -0.4 is 5.56 Å². The summed E-state index contributed by atoms with van der Waals surface area (Å²) in [4.78, 5) is 18.9. The van der Waals surface area contributed by atoms with E-state index in [1.54, 1.807) is 21.6 Å². The Morgan fingerprint density at radius 3 is 2.50 bits per heavy atom. The molecule has 108 valence electrons. The van der Waals surface area contributed by atoms with Crippen molar-refractivity contribution in [3.8, 4) is 22.4 Å². The third-order valence-electron chi connectivity index (χ3n) is 3.65. The lowest BCUT2D eigenvalue weighted by Crippen LogP contribution is -2.09. The molecule has 1 N–H and O–H groups in total. The molecule has 0 amide bonds. The van der Waals surface area contributed by atoms with E-state index in [-0.39, 0.29) is 5.56 Å². The van der Waals surface area contributed by atoms with Crippen LogP contribution in [0.1, 0.15) is 0 Å². The molecule has 22 heavy (non-hydrogen) atoms. The van der Waals surface area contributed by atoms with Gasteiger partial charge in [0.25, 0.3) is 5.56 Å². The maximum Gasteiger partial charge on any atom is 0.274 e. The average Bonchev–Trinajstić information content (AvgIpc) is 3.16. The highest BCUT2D eigenvalue weighted by Gasteiger charge is 2.05. The van der Waals surface area contributed by atoms with E-state index in [4.69, 9.17) is 0 Å². The molecule has 0 aliphatic rings. The van der Waals surface area contributed by atoms with Crippen molar-refractivity contribution in [2.45, 2.75) is 0 Å². The van der Waals surface area contributed by atoms with Crippen LogP contribution in [0.4, 0.5) is 0 Å². The molecule has 3 heterocycles. The first-order valence-electron chi connectivity index (χ1n) is 6.85. The zero-order valence-electron chi connectivity index (χ0n) is 11.9. The van der Waals surface area contributed by atoms with E-state index in [0.717, 1.165) is 22.4 Å². The summed E-state index contributed by atoms with van der Waals surface area (Å²) in [5.74, 6) is 0. The van der Waals surface area contributed by atoms with Crippen LogP contribution in [0.25, 0.3) is 27.9 Å². The van der Waals surface area contributed by atoms with E-state index >= 15 is 0 Å². The van der Waals surface area contributed by atoms with Crippen LogP contribution in [0.3, 0.4) is 0 Å². The third-order valence-corrected chi connectivity index (χ3v) is 3.65. The summed E-state index contributed by atoms with van der Waals surface area (Å²) in [5, 5.41) is 4.17. The molecule has 6 nitrogen and oxygen atoms in total. The fourth-order valence-corrected chi connectivity index (χ4v) is 2.50. The van der Waals surface area contributed by atoms with Gasteiger partial charge in [0.15, 0.2) is 0 Å². The van der Waals surface area contributed by atoms with E-state index < -0.39 is 0 Å². The topological polar surface area (TPSA) is 68.0 Å². The van der Waals surface area contributed by atoms with Crippen molar-refractivity contribution in [3.05, 3.63) is 65.7 Å². The SMILES string of the molecule is Cn1cc(-c2ccc(-c3cn4cncc4c(=O)[nH]3)cc2)cn1. The summed E-state index contributed by atoms with van der Waals surface area (Å²) in [6.07, 6.45) is 8.83. The monoisotopic (exact) mass is 291 g/mol. The Labute approximate surface area is 125 Å². The van der Waals surface area contributed by atoms with Crippen LogP contribution in [-0.4, -0.2) is 24.1 Å². The van der Waals surface area contributed by atoms with Gasteiger partial charge in [-0.1, -0.05) is 24.3 Å². The van der Waals surface area contributed by atoms with Gasteiger partial charge in [-0.2, -0.15) is 5.10 Å². The highest BCUT2D eigenvalue weighted by molar-refractivity contribution is 5.68. The van der Waals surface area contributed by atoms with Gasteiger partial charge in [0, 0.05) is 25.0 Å². The van der Waals surface area contributed by atoms with E-state index in [0.29, 0.717) is 5.52 Å². The fourth-order valence-electron chi connectivity index (χ4n) is 2.50. The normalized spacial score (nSPS) is 11.1. The second-order valence-corrected chi connectivity index (χ2v) is 5.16. The van der Waals surface area contributed by atoms with Gasteiger partial charge in [0.05, 0.1) is 24.4 Å². The zero-order chi connectivity index (χ0) is 15.1. The summed E-state index contributed by atoms with van der Waals surface area (Å²) in [5.41, 5.74) is 4.24. The molecule has 0 fully saturated rings. The number of aromatic nitrogens is 5. The average molecular weight is 291 g/mol.